The lowest BCUT2D eigenvalue weighted by atomic mass is 10.2. The molecule has 0 heterocycles. The molecule has 0 amide bonds. The summed E-state index contributed by atoms with van der Waals surface area (Å²) in [6.45, 7) is 2.81. The van der Waals surface area contributed by atoms with Gasteiger partial charge in [0.1, 0.15) is 5.82 Å². The number of benzene rings is 2. The lowest BCUT2D eigenvalue weighted by Crippen LogP contribution is -2.19. The number of nitrogens with one attached hydrogen (secondary N) is 1. The smallest absolute Gasteiger partial charge is 0.123 e. The fraction of sp³-hybridized carbons (Fsp3) is 0.250. The monoisotopic (exact) mass is 259 g/mol. The average Bonchev–Trinajstić information content (AvgIpc) is 2.46. The van der Waals surface area contributed by atoms with Crippen LogP contribution in [-0.4, -0.2) is 13.2 Å². The Morgan fingerprint density at radius 1 is 0.895 bits per heavy atom. The molecule has 0 spiro atoms. The number of halogens is 1. The molecule has 19 heavy (non-hydrogen) atoms. The predicted molar refractivity (Wildman–Crippen MR) is 74.2 cm³/mol. The molecule has 100 valence electrons. The van der Waals surface area contributed by atoms with Crippen LogP contribution in [0, 0.1) is 5.82 Å². The van der Waals surface area contributed by atoms with E-state index in [0.29, 0.717) is 13.2 Å². The van der Waals surface area contributed by atoms with Gasteiger partial charge in [-0.1, -0.05) is 42.5 Å². The van der Waals surface area contributed by atoms with E-state index in [2.05, 4.69) is 17.4 Å². The van der Waals surface area contributed by atoms with E-state index in [9.17, 15) is 4.39 Å². The minimum atomic E-state index is -0.215. The van der Waals surface area contributed by atoms with Crippen LogP contribution in [0.3, 0.4) is 0 Å². The SMILES string of the molecule is Fc1ccc(COCCNCc2ccccc2)cc1. The van der Waals surface area contributed by atoms with Crippen LogP contribution in [0.4, 0.5) is 4.39 Å². The maximum absolute atomic E-state index is 12.7. The summed E-state index contributed by atoms with van der Waals surface area (Å²) in [6, 6.07) is 16.6. The average molecular weight is 259 g/mol. The van der Waals surface area contributed by atoms with Crippen LogP contribution >= 0.6 is 0 Å². The van der Waals surface area contributed by atoms with Crippen LogP contribution in [0.5, 0.6) is 0 Å². The maximum atomic E-state index is 12.7. The molecule has 3 heteroatoms. The van der Waals surface area contributed by atoms with Gasteiger partial charge in [-0.15, -0.1) is 0 Å². The van der Waals surface area contributed by atoms with Gasteiger partial charge in [0.05, 0.1) is 13.2 Å². The van der Waals surface area contributed by atoms with Crippen molar-refractivity contribution in [3.63, 3.8) is 0 Å². The second-order valence-corrected chi connectivity index (χ2v) is 4.34. The van der Waals surface area contributed by atoms with Crippen molar-refractivity contribution < 1.29 is 9.13 Å². The molecule has 2 nitrogen and oxygen atoms in total. The third kappa shape index (κ3) is 5.20. The Hall–Kier alpha value is -1.71. The standard InChI is InChI=1S/C16H18FNO/c17-16-8-6-15(7-9-16)13-19-11-10-18-12-14-4-2-1-3-5-14/h1-9,18H,10-13H2. The molecule has 0 aliphatic carbocycles. The minimum Gasteiger partial charge on any atom is -0.375 e. The van der Waals surface area contributed by atoms with E-state index in [0.717, 1.165) is 18.7 Å². The first kappa shape index (κ1) is 13.7. The summed E-state index contributed by atoms with van der Waals surface area (Å²) in [4.78, 5) is 0. The maximum Gasteiger partial charge on any atom is 0.123 e. The summed E-state index contributed by atoms with van der Waals surface area (Å²) in [7, 11) is 0. The Morgan fingerprint density at radius 3 is 2.37 bits per heavy atom. The second kappa shape index (κ2) is 7.67. The zero-order chi connectivity index (χ0) is 13.3. The van der Waals surface area contributed by atoms with Crippen molar-refractivity contribution in [3.05, 3.63) is 71.5 Å². The van der Waals surface area contributed by atoms with Crippen LogP contribution in [0.25, 0.3) is 0 Å². The van der Waals surface area contributed by atoms with Gasteiger partial charge in [-0.2, -0.15) is 0 Å². The van der Waals surface area contributed by atoms with Crippen LogP contribution in [-0.2, 0) is 17.9 Å². The minimum absolute atomic E-state index is 0.215. The summed E-state index contributed by atoms with van der Waals surface area (Å²) < 4.78 is 18.2. The molecule has 0 aliphatic rings. The zero-order valence-electron chi connectivity index (χ0n) is 10.8. The molecule has 0 aromatic heterocycles. The summed E-state index contributed by atoms with van der Waals surface area (Å²) in [6.07, 6.45) is 0. The number of ether oxygens (including phenoxy) is 1. The highest BCUT2D eigenvalue weighted by atomic mass is 19.1. The first-order chi connectivity index (χ1) is 9.34. The molecule has 0 atom stereocenters. The van der Waals surface area contributed by atoms with Crippen LogP contribution in [0.1, 0.15) is 11.1 Å². The summed E-state index contributed by atoms with van der Waals surface area (Å²) >= 11 is 0. The predicted octanol–water partition coefficient (Wildman–Crippen LogP) is 3.13. The highest BCUT2D eigenvalue weighted by molar-refractivity contribution is 5.15. The molecular formula is C16H18FNO. The molecule has 0 saturated carbocycles. The summed E-state index contributed by atoms with van der Waals surface area (Å²) in [5.74, 6) is -0.215. The molecule has 2 rings (SSSR count). The van der Waals surface area contributed by atoms with Crippen molar-refractivity contribution in [2.45, 2.75) is 13.2 Å². The Morgan fingerprint density at radius 2 is 1.63 bits per heavy atom. The van der Waals surface area contributed by atoms with E-state index in [4.69, 9.17) is 4.74 Å². The highest BCUT2D eigenvalue weighted by Gasteiger charge is 1.95. The van der Waals surface area contributed by atoms with Gasteiger partial charge in [0, 0.05) is 13.1 Å². The molecule has 0 radical (unpaired) electrons. The third-order valence-electron chi connectivity index (χ3n) is 2.78. The molecule has 2 aromatic rings. The van der Waals surface area contributed by atoms with Crippen molar-refractivity contribution in [1.29, 1.82) is 0 Å². The van der Waals surface area contributed by atoms with Crippen molar-refractivity contribution in [2.24, 2.45) is 0 Å². The van der Waals surface area contributed by atoms with Crippen LogP contribution < -0.4 is 5.32 Å². The van der Waals surface area contributed by atoms with Crippen molar-refractivity contribution >= 4 is 0 Å². The normalized spacial score (nSPS) is 10.6. The lowest BCUT2D eigenvalue weighted by Gasteiger charge is -2.06. The molecule has 1 N–H and O–H groups in total. The van der Waals surface area contributed by atoms with Crippen LogP contribution in [0.15, 0.2) is 54.6 Å². The molecule has 0 fully saturated rings. The van der Waals surface area contributed by atoms with Gasteiger partial charge < -0.3 is 10.1 Å². The second-order valence-electron chi connectivity index (χ2n) is 4.34. The Bertz CT molecular complexity index is 470. The Kier molecular flexibility index (Phi) is 5.53. The first-order valence-corrected chi connectivity index (χ1v) is 6.41. The van der Waals surface area contributed by atoms with Crippen LogP contribution in [0.2, 0.25) is 0 Å². The number of hydrogen-bond donors (Lipinski definition) is 1. The first-order valence-electron chi connectivity index (χ1n) is 6.41. The van der Waals surface area contributed by atoms with E-state index in [1.165, 1.54) is 17.7 Å². The van der Waals surface area contributed by atoms with Gasteiger partial charge in [-0.3, -0.25) is 0 Å². The summed E-state index contributed by atoms with van der Waals surface area (Å²) in [5.41, 5.74) is 2.26. The summed E-state index contributed by atoms with van der Waals surface area (Å²) in [5, 5.41) is 3.31. The fourth-order valence-corrected chi connectivity index (χ4v) is 1.74. The Balaban J connectivity index is 1.56. The number of rotatable bonds is 7. The molecular weight excluding hydrogens is 241 g/mol. The van der Waals surface area contributed by atoms with E-state index < -0.39 is 0 Å². The van der Waals surface area contributed by atoms with Gasteiger partial charge in [-0.05, 0) is 23.3 Å². The van der Waals surface area contributed by atoms with Gasteiger partial charge in [0.15, 0.2) is 0 Å². The molecule has 0 unspecified atom stereocenters. The zero-order valence-corrected chi connectivity index (χ0v) is 10.8. The Labute approximate surface area is 113 Å². The van der Waals surface area contributed by atoms with Gasteiger partial charge >= 0.3 is 0 Å². The van der Waals surface area contributed by atoms with Gasteiger partial charge in [-0.25, -0.2) is 4.39 Å². The van der Waals surface area contributed by atoms with Gasteiger partial charge in [0.2, 0.25) is 0 Å². The van der Waals surface area contributed by atoms with E-state index in [1.807, 2.05) is 18.2 Å². The van der Waals surface area contributed by atoms with E-state index in [-0.39, 0.29) is 5.82 Å². The van der Waals surface area contributed by atoms with E-state index in [1.54, 1.807) is 12.1 Å². The molecule has 0 saturated heterocycles. The third-order valence-corrected chi connectivity index (χ3v) is 2.78. The lowest BCUT2D eigenvalue weighted by molar-refractivity contribution is 0.122. The fourth-order valence-electron chi connectivity index (χ4n) is 1.74. The molecule has 0 bridgehead atoms. The van der Waals surface area contributed by atoms with Crippen molar-refractivity contribution in [3.8, 4) is 0 Å². The largest absolute Gasteiger partial charge is 0.375 e. The molecule has 2 aromatic carbocycles. The van der Waals surface area contributed by atoms with E-state index >= 15 is 0 Å². The topological polar surface area (TPSA) is 21.3 Å². The highest BCUT2D eigenvalue weighted by Crippen LogP contribution is 2.03. The van der Waals surface area contributed by atoms with Crippen molar-refractivity contribution in [1.82, 2.24) is 5.32 Å². The van der Waals surface area contributed by atoms with Crippen molar-refractivity contribution in [2.75, 3.05) is 13.2 Å². The number of hydrogen-bond acceptors (Lipinski definition) is 2. The quantitative estimate of drug-likeness (QED) is 0.771. The molecule has 0 aliphatic heterocycles. The van der Waals surface area contributed by atoms with Gasteiger partial charge in [0.25, 0.3) is 0 Å².